The molecule has 0 bridgehead atoms. The third-order valence-corrected chi connectivity index (χ3v) is 4.70. The van der Waals surface area contributed by atoms with Crippen LogP contribution in [0.15, 0.2) is 30.5 Å². The standard InChI is InChI=1S/C18H19ClN6O/c19-12-11-21-18(25-9-3-4-10-25)24-16(12)17(26)20-8-7-15-22-13-5-1-2-6-14(13)23-15/h1-2,5-6,11H,3-4,7-10H2,(H,20,26)(H,22,23). The van der Waals surface area contributed by atoms with Gasteiger partial charge >= 0.3 is 0 Å². The number of rotatable bonds is 5. The fourth-order valence-electron chi connectivity index (χ4n) is 3.09. The van der Waals surface area contributed by atoms with Gasteiger partial charge in [0.05, 0.1) is 22.3 Å². The van der Waals surface area contributed by atoms with Crippen molar-refractivity contribution in [1.29, 1.82) is 0 Å². The Kier molecular flexibility index (Phi) is 4.71. The molecular formula is C18H19ClN6O. The first-order chi connectivity index (χ1) is 12.7. The Labute approximate surface area is 155 Å². The van der Waals surface area contributed by atoms with Gasteiger partial charge in [-0.1, -0.05) is 23.7 Å². The number of amides is 1. The molecule has 1 aliphatic heterocycles. The summed E-state index contributed by atoms with van der Waals surface area (Å²) in [6.45, 7) is 2.27. The second kappa shape index (κ2) is 7.29. The van der Waals surface area contributed by atoms with Crippen molar-refractivity contribution in [3.05, 3.63) is 47.0 Å². The Bertz CT molecular complexity index is 901. The van der Waals surface area contributed by atoms with Crippen LogP contribution in [-0.2, 0) is 6.42 Å². The number of nitrogens with zero attached hydrogens (tertiary/aromatic N) is 4. The minimum atomic E-state index is -0.297. The zero-order valence-electron chi connectivity index (χ0n) is 14.2. The van der Waals surface area contributed by atoms with Gasteiger partial charge in [-0.3, -0.25) is 4.79 Å². The number of carbonyl (C=O) groups excluding carboxylic acids is 1. The Morgan fingerprint density at radius 2 is 2.04 bits per heavy atom. The molecule has 0 unspecified atom stereocenters. The van der Waals surface area contributed by atoms with Gasteiger partial charge < -0.3 is 15.2 Å². The van der Waals surface area contributed by atoms with E-state index in [1.807, 2.05) is 24.3 Å². The lowest BCUT2D eigenvalue weighted by Gasteiger charge is -2.15. The number of halogens is 1. The Balaban J connectivity index is 1.40. The molecule has 0 spiro atoms. The summed E-state index contributed by atoms with van der Waals surface area (Å²) < 4.78 is 0. The maximum atomic E-state index is 12.5. The second-order valence-corrected chi connectivity index (χ2v) is 6.67. The van der Waals surface area contributed by atoms with Gasteiger partial charge in [-0.2, -0.15) is 0 Å². The van der Waals surface area contributed by atoms with Crippen molar-refractivity contribution in [2.75, 3.05) is 24.5 Å². The number of anilines is 1. The van der Waals surface area contributed by atoms with Crippen LogP contribution in [0.1, 0.15) is 29.2 Å². The van der Waals surface area contributed by atoms with Gasteiger partial charge in [0, 0.05) is 26.1 Å². The lowest BCUT2D eigenvalue weighted by molar-refractivity contribution is 0.0949. The molecule has 2 N–H and O–H groups in total. The number of fused-ring (bicyclic) bond motifs is 1. The summed E-state index contributed by atoms with van der Waals surface area (Å²) in [6.07, 6.45) is 4.33. The SMILES string of the molecule is O=C(NCCc1nc2ccccc2[nH]1)c1nc(N2CCCC2)ncc1Cl. The van der Waals surface area contributed by atoms with Crippen LogP contribution in [0.25, 0.3) is 11.0 Å². The van der Waals surface area contributed by atoms with Gasteiger partial charge in [0.15, 0.2) is 5.69 Å². The average Bonchev–Trinajstić information content (AvgIpc) is 3.31. The first-order valence-corrected chi connectivity index (χ1v) is 9.08. The molecule has 3 heterocycles. The molecule has 0 radical (unpaired) electrons. The average molecular weight is 371 g/mol. The van der Waals surface area contributed by atoms with Gasteiger partial charge in [-0.05, 0) is 25.0 Å². The van der Waals surface area contributed by atoms with Crippen LogP contribution in [0.3, 0.4) is 0 Å². The number of carbonyl (C=O) groups is 1. The highest BCUT2D eigenvalue weighted by atomic mass is 35.5. The molecule has 1 aromatic carbocycles. The predicted molar refractivity (Wildman–Crippen MR) is 101 cm³/mol. The van der Waals surface area contributed by atoms with E-state index in [-0.39, 0.29) is 16.6 Å². The molecule has 4 rings (SSSR count). The van der Waals surface area contributed by atoms with Gasteiger partial charge in [-0.25, -0.2) is 15.0 Å². The fraction of sp³-hybridized carbons (Fsp3) is 0.333. The van der Waals surface area contributed by atoms with Crippen molar-refractivity contribution in [2.45, 2.75) is 19.3 Å². The predicted octanol–water partition coefficient (Wildman–Crippen LogP) is 2.58. The van der Waals surface area contributed by atoms with Crippen LogP contribution >= 0.6 is 11.6 Å². The Morgan fingerprint density at radius 3 is 2.85 bits per heavy atom. The van der Waals surface area contributed by atoms with E-state index in [2.05, 4.69) is 30.2 Å². The van der Waals surface area contributed by atoms with Crippen molar-refractivity contribution in [2.24, 2.45) is 0 Å². The number of aromatic nitrogens is 4. The third-order valence-electron chi connectivity index (χ3n) is 4.42. The first kappa shape index (κ1) is 16.8. The Hall–Kier alpha value is -2.67. The lowest BCUT2D eigenvalue weighted by Crippen LogP contribution is -2.28. The Morgan fingerprint density at radius 1 is 1.23 bits per heavy atom. The van der Waals surface area contributed by atoms with E-state index < -0.39 is 0 Å². The first-order valence-electron chi connectivity index (χ1n) is 8.70. The largest absolute Gasteiger partial charge is 0.350 e. The summed E-state index contributed by atoms with van der Waals surface area (Å²) in [6, 6.07) is 7.84. The summed E-state index contributed by atoms with van der Waals surface area (Å²) in [5, 5.41) is 3.12. The molecule has 0 saturated carbocycles. The summed E-state index contributed by atoms with van der Waals surface area (Å²) in [5.74, 6) is 1.10. The fourth-order valence-corrected chi connectivity index (χ4v) is 3.27. The van der Waals surface area contributed by atoms with Crippen LogP contribution in [0.2, 0.25) is 5.02 Å². The van der Waals surface area contributed by atoms with Crippen LogP contribution in [0.4, 0.5) is 5.95 Å². The number of benzene rings is 1. The highest BCUT2D eigenvalue weighted by molar-refractivity contribution is 6.33. The maximum Gasteiger partial charge on any atom is 0.271 e. The van der Waals surface area contributed by atoms with E-state index in [0.717, 1.165) is 42.8 Å². The van der Waals surface area contributed by atoms with E-state index in [0.29, 0.717) is 18.9 Å². The molecule has 1 aliphatic rings. The third kappa shape index (κ3) is 3.48. The highest BCUT2D eigenvalue weighted by Crippen LogP contribution is 2.19. The number of hydrogen-bond acceptors (Lipinski definition) is 5. The van der Waals surface area contributed by atoms with Crippen molar-refractivity contribution in [3.63, 3.8) is 0 Å². The molecular weight excluding hydrogens is 352 g/mol. The van der Waals surface area contributed by atoms with Crippen molar-refractivity contribution >= 4 is 34.5 Å². The number of imidazole rings is 1. The molecule has 2 aromatic heterocycles. The van der Waals surface area contributed by atoms with E-state index >= 15 is 0 Å². The van der Waals surface area contributed by atoms with Crippen molar-refractivity contribution < 1.29 is 4.79 Å². The smallest absolute Gasteiger partial charge is 0.271 e. The highest BCUT2D eigenvalue weighted by Gasteiger charge is 2.19. The van der Waals surface area contributed by atoms with Crippen molar-refractivity contribution in [1.82, 2.24) is 25.3 Å². The molecule has 0 aliphatic carbocycles. The van der Waals surface area contributed by atoms with E-state index in [1.165, 1.54) is 6.20 Å². The summed E-state index contributed by atoms with van der Waals surface area (Å²) >= 11 is 6.12. The molecule has 1 fully saturated rings. The summed E-state index contributed by atoms with van der Waals surface area (Å²) in [5.41, 5.74) is 2.12. The monoisotopic (exact) mass is 370 g/mol. The van der Waals surface area contributed by atoms with Gasteiger partial charge in [0.25, 0.3) is 5.91 Å². The topological polar surface area (TPSA) is 86.8 Å². The van der Waals surface area contributed by atoms with Crippen LogP contribution in [0.5, 0.6) is 0 Å². The molecule has 0 atom stereocenters. The number of nitrogens with one attached hydrogen (secondary N) is 2. The van der Waals surface area contributed by atoms with E-state index in [4.69, 9.17) is 11.6 Å². The molecule has 26 heavy (non-hydrogen) atoms. The quantitative estimate of drug-likeness (QED) is 0.720. The maximum absolute atomic E-state index is 12.5. The van der Waals surface area contributed by atoms with E-state index in [1.54, 1.807) is 0 Å². The molecule has 8 heteroatoms. The molecule has 134 valence electrons. The van der Waals surface area contributed by atoms with Crippen LogP contribution < -0.4 is 10.2 Å². The van der Waals surface area contributed by atoms with Crippen LogP contribution in [0, 0.1) is 0 Å². The zero-order chi connectivity index (χ0) is 17.9. The number of hydrogen-bond donors (Lipinski definition) is 2. The number of para-hydroxylation sites is 2. The summed E-state index contributed by atoms with van der Waals surface area (Å²) in [7, 11) is 0. The normalized spacial score (nSPS) is 14.1. The number of aromatic amines is 1. The van der Waals surface area contributed by atoms with Gasteiger partial charge in [0.2, 0.25) is 5.95 Å². The van der Waals surface area contributed by atoms with E-state index in [9.17, 15) is 4.79 Å². The second-order valence-electron chi connectivity index (χ2n) is 6.27. The molecule has 1 saturated heterocycles. The molecule has 1 amide bonds. The van der Waals surface area contributed by atoms with Gasteiger partial charge in [0.1, 0.15) is 5.82 Å². The number of H-pyrrole nitrogens is 1. The van der Waals surface area contributed by atoms with Crippen molar-refractivity contribution in [3.8, 4) is 0 Å². The zero-order valence-corrected chi connectivity index (χ0v) is 15.0. The summed E-state index contributed by atoms with van der Waals surface area (Å²) in [4.78, 5) is 30.9. The lowest BCUT2D eigenvalue weighted by atomic mass is 10.3. The minimum Gasteiger partial charge on any atom is -0.350 e. The molecule has 3 aromatic rings. The van der Waals surface area contributed by atoms with Crippen LogP contribution in [-0.4, -0.2) is 45.5 Å². The molecule has 7 nitrogen and oxygen atoms in total. The van der Waals surface area contributed by atoms with Gasteiger partial charge in [-0.15, -0.1) is 0 Å². The minimum absolute atomic E-state index is 0.216.